The van der Waals surface area contributed by atoms with Gasteiger partial charge in [-0.05, 0) is 64.5 Å². The molecule has 0 amide bonds. The minimum absolute atomic E-state index is 0.0572. The first-order valence-corrected chi connectivity index (χ1v) is 10.4. The maximum absolute atomic E-state index is 13.6. The molecular weight excluding hydrogens is 477 g/mol. The van der Waals surface area contributed by atoms with E-state index in [1.54, 1.807) is 64.0 Å². The standard InChI is InChI=1S/C22H26BrF3N2O3/c1-21(2,3)31-20(30)19(14-7-6-8-16(23)11-14)28-13-15(9-10-27(4)5)17(12-18(28)29)22(24,25)26/h6-8,11-13,19H,9-10H2,1-5H3. The van der Waals surface area contributed by atoms with Crippen LogP contribution in [0.2, 0.25) is 0 Å². The molecule has 0 saturated heterocycles. The monoisotopic (exact) mass is 502 g/mol. The lowest BCUT2D eigenvalue weighted by molar-refractivity contribution is -0.157. The van der Waals surface area contributed by atoms with E-state index < -0.39 is 34.9 Å². The van der Waals surface area contributed by atoms with Crippen LogP contribution in [0.25, 0.3) is 0 Å². The molecule has 0 aliphatic rings. The first-order chi connectivity index (χ1) is 14.2. The molecule has 31 heavy (non-hydrogen) atoms. The van der Waals surface area contributed by atoms with Gasteiger partial charge in [-0.3, -0.25) is 9.36 Å². The third kappa shape index (κ3) is 6.93. The van der Waals surface area contributed by atoms with Crippen LogP contribution >= 0.6 is 15.9 Å². The number of likely N-dealkylation sites (N-methyl/N-ethyl adjacent to an activating group) is 1. The Hall–Kier alpha value is -2.13. The lowest BCUT2D eigenvalue weighted by Gasteiger charge is -2.26. The molecule has 0 aliphatic heterocycles. The third-order valence-corrected chi connectivity index (χ3v) is 4.86. The Morgan fingerprint density at radius 1 is 1.19 bits per heavy atom. The number of ether oxygens (including phenoxy) is 1. The van der Waals surface area contributed by atoms with Gasteiger partial charge in [0.1, 0.15) is 5.60 Å². The Bertz CT molecular complexity index is 995. The van der Waals surface area contributed by atoms with Gasteiger partial charge in [0.15, 0.2) is 6.04 Å². The molecule has 0 radical (unpaired) electrons. The van der Waals surface area contributed by atoms with Gasteiger partial charge in [-0.2, -0.15) is 13.2 Å². The van der Waals surface area contributed by atoms with Gasteiger partial charge < -0.3 is 9.64 Å². The second kappa shape index (κ2) is 9.56. The number of alkyl halides is 3. The Labute approximate surface area is 187 Å². The molecule has 2 aromatic rings. The number of aromatic nitrogens is 1. The van der Waals surface area contributed by atoms with Gasteiger partial charge in [0.2, 0.25) is 0 Å². The minimum atomic E-state index is -4.68. The number of hydrogen-bond acceptors (Lipinski definition) is 4. The molecule has 5 nitrogen and oxygen atoms in total. The fraction of sp³-hybridized carbons (Fsp3) is 0.455. The number of hydrogen-bond donors (Lipinski definition) is 0. The van der Waals surface area contributed by atoms with Crippen molar-refractivity contribution in [1.82, 2.24) is 9.47 Å². The summed E-state index contributed by atoms with van der Waals surface area (Å²) >= 11 is 3.33. The molecule has 1 unspecified atom stereocenters. The lowest BCUT2D eigenvalue weighted by Crippen LogP contribution is -2.36. The van der Waals surface area contributed by atoms with Crippen LogP contribution in [-0.4, -0.2) is 41.7 Å². The van der Waals surface area contributed by atoms with Crippen molar-refractivity contribution < 1.29 is 22.7 Å². The number of esters is 1. The number of carbonyl (C=O) groups excluding carboxylic acids is 1. The molecule has 0 bridgehead atoms. The fourth-order valence-electron chi connectivity index (χ4n) is 3.05. The maximum atomic E-state index is 13.6. The Morgan fingerprint density at radius 3 is 2.35 bits per heavy atom. The number of benzene rings is 1. The van der Waals surface area contributed by atoms with Crippen molar-refractivity contribution in [2.45, 2.75) is 45.0 Å². The zero-order valence-electron chi connectivity index (χ0n) is 18.1. The molecule has 170 valence electrons. The van der Waals surface area contributed by atoms with Gasteiger partial charge >= 0.3 is 12.1 Å². The summed E-state index contributed by atoms with van der Waals surface area (Å²) < 4.78 is 47.9. The van der Waals surface area contributed by atoms with Crippen LogP contribution in [0.3, 0.4) is 0 Å². The van der Waals surface area contributed by atoms with Crippen LogP contribution in [0.1, 0.15) is 43.5 Å². The summed E-state index contributed by atoms with van der Waals surface area (Å²) in [4.78, 5) is 27.6. The van der Waals surface area contributed by atoms with E-state index in [-0.39, 0.29) is 12.0 Å². The van der Waals surface area contributed by atoms with E-state index in [2.05, 4.69) is 15.9 Å². The average Bonchev–Trinajstić information content (AvgIpc) is 2.59. The van der Waals surface area contributed by atoms with Crippen molar-refractivity contribution >= 4 is 21.9 Å². The summed E-state index contributed by atoms with van der Waals surface area (Å²) in [6, 6.07) is 6.01. The maximum Gasteiger partial charge on any atom is 0.416 e. The Balaban J connectivity index is 2.70. The van der Waals surface area contributed by atoms with Crippen LogP contribution in [-0.2, 0) is 22.1 Å². The summed E-state index contributed by atoms with van der Waals surface area (Å²) in [5.74, 6) is -0.731. The highest BCUT2D eigenvalue weighted by Gasteiger charge is 2.36. The van der Waals surface area contributed by atoms with Gasteiger partial charge in [0.25, 0.3) is 5.56 Å². The summed E-state index contributed by atoms with van der Waals surface area (Å²) in [5.41, 5.74) is -2.41. The molecule has 0 fully saturated rings. The largest absolute Gasteiger partial charge is 0.458 e. The number of nitrogens with zero attached hydrogens (tertiary/aromatic N) is 2. The van der Waals surface area contributed by atoms with Crippen molar-refractivity contribution in [2.75, 3.05) is 20.6 Å². The highest BCUT2D eigenvalue weighted by Crippen LogP contribution is 2.32. The molecule has 1 heterocycles. The van der Waals surface area contributed by atoms with E-state index in [4.69, 9.17) is 4.74 Å². The topological polar surface area (TPSA) is 51.5 Å². The molecule has 1 atom stereocenters. The quantitative estimate of drug-likeness (QED) is 0.538. The van der Waals surface area contributed by atoms with Crippen LogP contribution in [0.5, 0.6) is 0 Å². The van der Waals surface area contributed by atoms with Crippen LogP contribution in [0.4, 0.5) is 13.2 Å². The van der Waals surface area contributed by atoms with E-state index in [9.17, 15) is 22.8 Å². The van der Waals surface area contributed by atoms with Crippen molar-refractivity contribution in [2.24, 2.45) is 0 Å². The second-order valence-corrected chi connectivity index (χ2v) is 9.42. The highest BCUT2D eigenvalue weighted by molar-refractivity contribution is 9.10. The van der Waals surface area contributed by atoms with E-state index in [0.29, 0.717) is 22.6 Å². The van der Waals surface area contributed by atoms with Crippen LogP contribution in [0.15, 0.2) is 45.8 Å². The van der Waals surface area contributed by atoms with Crippen molar-refractivity contribution in [3.63, 3.8) is 0 Å². The highest BCUT2D eigenvalue weighted by atomic mass is 79.9. The van der Waals surface area contributed by atoms with Crippen LogP contribution in [0, 0.1) is 0 Å². The molecule has 9 heteroatoms. The normalized spacial score (nSPS) is 13.4. The smallest absolute Gasteiger partial charge is 0.416 e. The third-order valence-electron chi connectivity index (χ3n) is 4.37. The molecule has 1 aromatic carbocycles. The zero-order chi connectivity index (χ0) is 23.6. The number of pyridine rings is 1. The first-order valence-electron chi connectivity index (χ1n) is 9.64. The van der Waals surface area contributed by atoms with Gasteiger partial charge in [0.05, 0.1) is 5.56 Å². The van der Waals surface area contributed by atoms with E-state index in [1.807, 2.05) is 0 Å². The van der Waals surface area contributed by atoms with Gasteiger partial charge in [-0.15, -0.1) is 0 Å². The Morgan fingerprint density at radius 2 is 1.84 bits per heavy atom. The zero-order valence-corrected chi connectivity index (χ0v) is 19.7. The van der Waals surface area contributed by atoms with E-state index in [1.165, 1.54) is 0 Å². The minimum Gasteiger partial charge on any atom is -0.458 e. The van der Waals surface area contributed by atoms with E-state index in [0.717, 1.165) is 10.8 Å². The molecule has 0 N–H and O–H groups in total. The SMILES string of the molecule is CN(C)CCc1cn(C(C(=O)OC(C)(C)C)c2cccc(Br)c2)c(=O)cc1C(F)(F)F. The van der Waals surface area contributed by atoms with Gasteiger partial charge in [0, 0.05) is 23.3 Å². The summed E-state index contributed by atoms with van der Waals surface area (Å²) in [6.07, 6.45) is -3.50. The molecule has 0 aliphatic carbocycles. The van der Waals surface area contributed by atoms with Gasteiger partial charge in [-0.25, -0.2) is 4.79 Å². The molecule has 2 rings (SSSR count). The summed E-state index contributed by atoms with van der Waals surface area (Å²) in [6.45, 7) is 5.39. The molecule has 0 saturated carbocycles. The average molecular weight is 503 g/mol. The predicted molar refractivity (Wildman–Crippen MR) is 116 cm³/mol. The van der Waals surface area contributed by atoms with Crippen molar-refractivity contribution in [3.05, 3.63) is 68.0 Å². The predicted octanol–water partition coefficient (Wildman–Crippen LogP) is 4.66. The summed E-state index contributed by atoms with van der Waals surface area (Å²) in [5, 5.41) is 0. The number of rotatable bonds is 6. The summed E-state index contributed by atoms with van der Waals surface area (Å²) in [7, 11) is 3.49. The Kier molecular flexibility index (Phi) is 7.75. The van der Waals surface area contributed by atoms with Gasteiger partial charge in [-0.1, -0.05) is 28.1 Å². The lowest BCUT2D eigenvalue weighted by atomic mass is 10.0. The molecule has 0 spiro atoms. The van der Waals surface area contributed by atoms with Crippen LogP contribution < -0.4 is 5.56 Å². The first kappa shape index (κ1) is 25.1. The van der Waals surface area contributed by atoms with E-state index >= 15 is 0 Å². The number of halogens is 4. The number of carbonyl (C=O) groups is 1. The molecule has 1 aromatic heterocycles. The van der Waals surface area contributed by atoms with Crippen molar-refractivity contribution in [1.29, 1.82) is 0 Å². The second-order valence-electron chi connectivity index (χ2n) is 8.50. The molecular formula is C22H26BrF3N2O3. The van der Waals surface area contributed by atoms with Crippen molar-refractivity contribution in [3.8, 4) is 0 Å². The fourth-order valence-corrected chi connectivity index (χ4v) is 3.46.